The van der Waals surface area contributed by atoms with Crippen LogP contribution in [0.3, 0.4) is 0 Å². The fraction of sp³-hybridized carbons (Fsp3) is 0.581. The van der Waals surface area contributed by atoms with Crippen molar-refractivity contribution in [2.45, 2.75) is 63.7 Å². The van der Waals surface area contributed by atoms with Gasteiger partial charge in [-0.05, 0) is 70.2 Å². The number of carbonyl (C=O) groups is 3. The van der Waals surface area contributed by atoms with E-state index in [4.69, 9.17) is 9.47 Å². The largest absolute Gasteiger partial charge is 0.465 e. The summed E-state index contributed by atoms with van der Waals surface area (Å²) >= 11 is 0. The van der Waals surface area contributed by atoms with Crippen LogP contribution in [-0.4, -0.2) is 84.9 Å². The number of fused-ring (bicyclic) bond motifs is 1. The SMILES string of the molecule is C=CCCCCOC(=O)[C@@H]1[C@H]2C(=O)N(CCO)C(C(=O)N(CC=C)c3ccc(N(CC)CC)cc3)C23CC[C@H]1O3. The van der Waals surface area contributed by atoms with Crippen LogP contribution in [0.2, 0.25) is 0 Å². The topological polar surface area (TPSA) is 99.6 Å². The number of benzene rings is 1. The van der Waals surface area contributed by atoms with Gasteiger partial charge < -0.3 is 29.3 Å². The van der Waals surface area contributed by atoms with E-state index in [0.717, 1.165) is 31.6 Å². The van der Waals surface area contributed by atoms with Gasteiger partial charge in [-0.2, -0.15) is 0 Å². The number of allylic oxidation sites excluding steroid dienone is 1. The molecule has 3 aliphatic rings. The van der Waals surface area contributed by atoms with Gasteiger partial charge >= 0.3 is 5.97 Å². The zero-order valence-corrected chi connectivity index (χ0v) is 23.8. The summed E-state index contributed by atoms with van der Waals surface area (Å²) < 4.78 is 12.0. The fourth-order valence-electron chi connectivity index (χ4n) is 6.74. The zero-order chi connectivity index (χ0) is 28.9. The zero-order valence-electron chi connectivity index (χ0n) is 23.8. The van der Waals surface area contributed by atoms with E-state index in [1.54, 1.807) is 11.0 Å². The lowest BCUT2D eigenvalue weighted by Gasteiger charge is -2.36. The maximum atomic E-state index is 14.4. The molecule has 2 amide bonds. The van der Waals surface area contributed by atoms with E-state index in [9.17, 15) is 19.5 Å². The summed E-state index contributed by atoms with van der Waals surface area (Å²) in [6.45, 7) is 13.7. The van der Waals surface area contributed by atoms with Crippen LogP contribution in [0.15, 0.2) is 49.6 Å². The highest BCUT2D eigenvalue weighted by Crippen LogP contribution is 2.58. The average molecular weight is 554 g/mol. The minimum atomic E-state index is -1.14. The monoisotopic (exact) mass is 553 g/mol. The number of hydrogen-bond donors (Lipinski definition) is 1. The Labute approximate surface area is 237 Å². The van der Waals surface area contributed by atoms with Crippen molar-refractivity contribution in [3.05, 3.63) is 49.6 Å². The first-order valence-corrected chi connectivity index (χ1v) is 14.5. The first-order valence-electron chi connectivity index (χ1n) is 14.5. The number of likely N-dealkylation sites (tertiary alicyclic amines) is 1. The normalized spacial score (nSPS) is 26.5. The Morgan fingerprint density at radius 3 is 2.48 bits per heavy atom. The van der Waals surface area contributed by atoms with Gasteiger partial charge in [0.2, 0.25) is 5.91 Å². The predicted octanol–water partition coefficient (Wildman–Crippen LogP) is 3.32. The first-order chi connectivity index (χ1) is 19.4. The van der Waals surface area contributed by atoms with E-state index in [1.165, 1.54) is 4.90 Å². The highest BCUT2D eigenvalue weighted by molar-refractivity contribution is 6.04. The minimum Gasteiger partial charge on any atom is -0.465 e. The molecule has 0 aliphatic carbocycles. The molecular weight excluding hydrogens is 510 g/mol. The third kappa shape index (κ3) is 5.29. The smallest absolute Gasteiger partial charge is 0.312 e. The maximum absolute atomic E-state index is 14.4. The van der Waals surface area contributed by atoms with Crippen LogP contribution < -0.4 is 9.80 Å². The Bertz CT molecular complexity index is 1090. The van der Waals surface area contributed by atoms with Gasteiger partial charge in [0, 0.05) is 37.6 Å². The highest BCUT2D eigenvalue weighted by atomic mass is 16.6. The fourth-order valence-corrected chi connectivity index (χ4v) is 6.74. The number of amides is 2. The molecule has 3 fully saturated rings. The Hall–Kier alpha value is -3.17. The van der Waals surface area contributed by atoms with E-state index in [2.05, 4.69) is 31.9 Å². The Morgan fingerprint density at radius 1 is 1.15 bits per heavy atom. The third-order valence-electron chi connectivity index (χ3n) is 8.56. The quantitative estimate of drug-likeness (QED) is 0.202. The minimum absolute atomic E-state index is 0.0202. The molecule has 1 N–H and O–H groups in total. The molecule has 9 heteroatoms. The molecule has 1 aromatic rings. The number of ether oxygens (including phenoxy) is 2. The number of anilines is 2. The van der Waals surface area contributed by atoms with Crippen molar-refractivity contribution in [1.82, 2.24) is 4.90 Å². The molecule has 0 saturated carbocycles. The average Bonchev–Trinajstić information content (AvgIpc) is 3.60. The third-order valence-corrected chi connectivity index (χ3v) is 8.56. The lowest BCUT2D eigenvalue weighted by atomic mass is 9.70. The lowest BCUT2D eigenvalue weighted by Crippen LogP contribution is -2.56. The summed E-state index contributed by atoms with van der Waals surface area (Å²) in [7, 11) is 0. The number of esters is 1. The first kappa shape index (κ1) is 29.8. The van der Waals surface area contributed by atoms with Crippen LogP contribution in [0.1, 0.15) is 46.0 Å². The second kappa shape index (κ2) is 13.0. The molecule has 5 atom stereocenters. The Balaban J connectivity index is 1.62. The van der Waals surface area contributed by atoms with Crippen molar-refractivity contribution in [1.29, 1.82) is 0 Å². The number of unbranched alkanes of at least 4 members (excludes halogenated alkanes) is 2. The number of aliphatic hydroxyl groups excluding tert-OH is 1. The molecule has 4 rings (SSSR count). The second-order valence-corrected chi connectivity index (χ2v) is 10.7. The molecule has 1 aromatic carbocycles. The van der Waals surface area contributed by atoms with Gasteiger partial charge in [-0.25, -0.2) is 0 Å². The molecule has 2 bridgehead atoms. The van der Waals surface area contributed by atoms with Crippen molar-refractivity contribution >= 4 is 29.2 Å². The van der Waals surface area contributed by atoms with E-state index >= 15 is 0 Å². The molecule has 1 spiro atoms. The molecule has 3 saturated heterocycles. The van der Waals surface area contributed by atoms with Gasteiger partial charge in [0.1, 0.15) is 11.6 Å². The van der Waals surface area contributed by atoms with E-state index in [0.29, 0.717) is 24.9 Å². The standard InChI is InChI=1S/C31H43N3O6/c1-5-9-10-11-21-39-30(38)25-24-16-17-31(40-24)26(25)28(36)34(19-20-35)27(31)29(37)33(18-6-2)23-14-12-22(13-15-23)32(7-3)8-4/h5-6,12-15,24-27,35H,1-2,7-11,16-21H2,3-4H3/t24-,25+,26+,27?,31?/m1/s1. The van der Waals surface area contributed by atoms with Crippen LogP contribution in [0, 0.1) is 11.8 Å². The van der Waals surface area contributed by atoms with Crippen molar-refractivity contribution in [3.63, 3.8) is 0 Å². The number of carbonyl (C=O) groups excluding carboxylic acids is 3. The van der Waals surface area contributed by atoms with Crippen LogP contribution in [-0.2, 0) is 23.9 Å². The second-order valence-electron chi connectivity index (χ2n) is 10.7. The summed E-state index contributed by atoms with van der Waals surface area (Å²) in [5.41, 5.74) is 0.598. The van der Waals surface area contributed by atoms with Gasteiger partial charge in [0.05, 0.1) is 31.2 Å². The van der Waals surface area contributed by atoms with Gasteiger partial charge in [0.15, 0.2) is 0 Å². The molecule has 2 unspecified atom stereocenters. The van der Waals surface area contributed by atoms with Crippen LogP contribution in [0.25, 0.3) is 0 Å². The number of rotatable bonds is 15. The van der Waals surface area contributed by atoms with E-state index < -0.39 is 35.6 Å². The van der Waals surface area contributed by atoms with Crippen molar-refractivity contribution in [2.24, 2.45) is 11.8 Å². The van der Waals surface area contributed by atoms with Crippen molar-refractivity contribution in [2.75, 3.05) is 49.2 Å². The summed E-state index contributed by atoms with van der Waals surface area (Å²) in [6, 6.07) is 6.80. The van der Waals surface area contributed by atoms with Crippen molar-refractivity contribution in [3.8, 4) is 0 Å². The molecule has 3 heterocycles. The van der Waals surface area contributed by atoms with Gasteiger partial charge in [0.25, 0.3) is 5.91 Å². The molecule has 0 aromatic heterocycles. The number of aliphatic hydroxyl groups is 1. The number of β-amino-alcohol motifs (C(OH)–C–C–N with tert-alkyl or cyclic N) is 1. The van der Waals surface area contributed by atoms with Gasteiger partial charge in [-0.15, -0.1) is 13.2 Å². The molecule has 9 nitrogen and oxygen atoms in total. The van der Waals surface area contributed by atoms with Gasteiger partial charge in [-0.3, -0.25) is 14.4 Å². The van der Waals surface area contributed by atoms with Crippen LogP contribution >= 0.6 is 0 Å². The van der Waals surface area contributed by atoms with Crippen LogP contribution in [0.4, 0.5) is 11.4 Å². The summed E-state index contributed by atoms with van der Waals surface area (Å²) in [4.78, 5) is 46.7. The highest BCUT2D eigenvalue weighted by Gasteiger charge is 2.75. The molecule has 218 valence electrons. The summed E-state index contributed by atoms with van der Waals surface area (Å²) in [6.07, 6.45) is 6.48. The molecule has 3 aliphatic heterocycles. The summed E-state index contributed by atoms with van der Waals surface area (Å²) in [5, 5.41) is 9.85. The van der Waals surface area contributed by atoms with Crippen LogP contribution in [0.5, 0.6) is 0 Å². The molecule has 40 heavy (non-hydrogen) atoms. The van der Waals surface area contributed by atoms with E-state index in [1.807, 2.05) is 30.3 Å². The predicted molar refractivity (Wildman–Crippen MR) is 154 cm³/mol. The molecular formula is C31H43N3O6. The number of hydrogen-bond acceptors (Lipinski definition) is 7. The molecule has 0 radical (unpaired) electrons. The van der Waals surface area contributed by atoms with E-state index in [-0.39, 0.29) is 38.1 Å². The Morgan fingerprint density at radius 2 is 1.85 bits per heavy atom. The maximum Gasteiger partial charge on any atom is 0.312 e. The van der Waals surface area contributed by atoms with Crippen molar-refractivity contribution < 1.29 is 29.0 Å². The Kier molecular flexibility index (Phi) is 9.68. The number of nitrogens with zero attached hydrogens (tertiary/aromatic N) is 3. The lowest BCUT2D eigenvalue weighted by molar-refractivity contribution is -0.155. The summed E-state index contributed by atoms with van der Waals surface area (Å²) in [5.74, 6) is -2.67. The van der Waals surface area contributed by atoms with Gasteiger partial charge in [-0.1, -0.05) is 12.2 Å².